The van der Waals surface area contributed by atoms with Gasteiger partial charge in [-0.25, -0.2) is 4.79 Å². The van der Waals surface area contributed by atoms with Crippen LogP contribution in [-0.4, -0.2) is 95.5 Å². The summed E-state index contributed by atoms with van der Waals surface area (Å²) in [6, 6.07) is 0. The van der Waals surface area contributed by atoms with E-state index in [0.29, 0.717) is 52.9 Å². The number of esters is 1. The molecule has 0 rings (SSSR count). The Morgan fingerprint density at radius 2 is 1.03 bits per heavy atom. The number of carbonyl (C=O) groups is 3. The molecule has 0 unspecified atom stereocenters. The monoisotopic (exact) mass is 450 g/mol. The van der Waals surface area contributed by atoms with E-state index in [2.05, 4.69) is 6.92 Å². The molecule has 31 heavy (non-hydrogen) atoms. The molecule has 0 aromatic heterocycles. The minimum Gasteiger partial charge on any atom is -0.476 e. The second kappa shape index (κ2) is 23.1. The Labute approximate surface area is 184 Å². The molecule has 0 aromatic carbocycles. The Kier molecular flexibility index (Phi) is 21.9. The molecule has 0 aliphatic heterocycles. The van der Waals surface area contributed by atoms with Crippen LogP contribution in [0.25, 0.3) is 0 Å². The summed E-state index contributed by atoms with van der Waals surface area (Å²) in [7, 11) is 0. The van der Waals surface area contributed by atoms with Crippen molar-refractivity contribution in [2.45, 2.75) is 45.4 Å². The summed E-state index contributed by atoms with van der Waals surface area (Å²) in [5.41, 5.74) is 0. The number of Topliss-reactive ketones (excluding diaryl/α,β-unsaturated/α-hetero) is 1. The van der Waals surface area contributed by atoms with Crippen LogP contribution in [0.15, 0.2) is 0 Å². The van der Waals surface area contributed by atoms with E-state index in [0.717, 1.165) is 13.0 Å². The summed E-state index contributed by atoms with van der Waals surface area (Å²) < 4.78 is 31.6. The molecule has 0 saturated heterocycles. The van der Waals surface area contributed by atoms with Crippen LogP contribution in [0.5, 0.6) is 0 Å². The Bertz CT molecular complexity index is 455. The van der Waals surface area contributed by atoms with E-state index in [1.807, 2.05) is 0 Å². The Morgan fingerprint density at radius 1 is 0.581 bits per heavy atom. The number of hydrogen-bond acceptors (Lipinski definition) is 9. The Hall–Kier alpha value is -1.59. The maximum atomic E-state index is 11.3. The number of carboxylic acid groups (broad SMARTS) is 1. The number of aliphatic carboxylic acids is 1. The summed E-state index contributed by atoms with van der Waals surface area (Å²) in [6.07, 6.45) is 4.18. The summed E-state index contributed by atoms with van der Waals surface area (Å²) in [4.78, 5) is 32.4. The highest BCUT2D eigenvalue weighted by atomic mass is 16.6. The van der Waals surface area contributed by atoms with Gasteiger partial charge in [0.1, 0.15) is 6.61 Å². The Morgan fingerprint density at radius 3 is 1.48 bits per heavy atom. The van der Waals surface area contributed by atoms with Crippen molar-refractivity contribution in [1.82, 2.24) is 0 Å². The highest BCUT2D eigenvalue weighted by molar-refractivity contribution is 6.32. The SMILES string of the molecule is CCCCCCOCCOCCOCCOCCOCCOC(=O)CCC(=O)C(=O)O. The summed E-state index contributed by atoms with van der Waals surface area (Å²) in [6.45, 7) is 7.04. The molecular formula is C21H38O10. The smallest absolute Gasteiger partial charge is 0.372 e. The average molecular weight is 451 g/mol. The van der Waals surface area contributed by atoms with Crippen LogP contribution in [0.4, 0.5) is 0 Å². The predicted molar refractivity (Wildman–Crippen MR) is 111 cm³/mol. The van der Waals surface area contributed by atoms with Crippen molar-refractivity contribution >= 4 is 17.7 Å². The first kappa shape index (κ1) is 29.4. The zero-order chi connectivity index (χ0) is 23.0. The van der Waals surface area contributed by atoms with Gasteiger partial charge in [-0.15, -0.1) is 0 Å². The van der Waals surface area contributed by atoms with Crippen molar-refractivity contribution in [3.8, 4) is 0 Å². The van der Waals surface area contributed by atoms with E-state index < -0.39 is 17.7 Å². The molecule has 0 aromatic rings. The molecule has 0 aliphatic rings. The number of ketones is 1. The van der Waals surface area contributed by atoms with E-state index in [1.165, 1.54) is 19.3 Å². The summed E-state index contributed by atoms with van der Waals surface area (Å²) in [5, 5.41) is 8.39. The van der Waals surface area contributed by atoms with Crippen molar-refractivity contribution in [2.75, 3.05) is 72.7 Å². The lowest BCUT2D eigenvalue weighted by molar-refractivity contribution is -0.151. The maximum Gasteiger partial charge on any atom is 0.372 e. The fraction of sp³-hybridized carbons (Fsp3) is 0.857. The third-order valence-corrected chi connectivity index (χ3v) is 3.92. The highest BCUT2D eigenvalue weighted by Crippen LogP contribution is 1.98. The second-order valence-electron chi connectivity index (χ2n) is 6.57. The molecule has 0 atom stereocenters. The van der Waals surface area contributed by atoms with Gasteiger partial charge in [0.15, 0.2) is 0 Å². The van der Waals surface area contributed by atoms with E-state index in [4.69, 9.17) is 33.5 Å². The second-order valence-corrected chi connectivity index (χ2v) is 6.57. The first-order valence-corrected chi connectivity index (χ1v) is 10.9. The minimum atomic E-state index is -1.55. The molecule has 0 aliphatic carbocycles. The highest BCUT2D eigenvalue weighted by Gasteiger charge is 2.14. The van der Waals surface area contributed by atoms with Gasteiger partial charge >= 0.3 is 11.9 Å². The number of carboxylic acids is 1. The fourth-order valence-electron chi connectivity index (χ4n) is 2.22. The first-order chi connectivity index (χ1) is 15.1. The predicted octanol–water partition coefficient (Wildman–Crippen LogP) is 1.63. The van der Waals surface area contributed by atoms with E-state index in [-0.39, 0.29) is 26.1 Å². The zero-order valence-electron chi connectivity index (χ0n) is 18.6. The molecule has 1 N–H and O–H groups in total. The normalized spacial score (nSPS) is 10.9. The molecule has 10 nitrogen and oxygen atoms in total. The molecule has 0 fully saturated rings. The largest absolute Gasteiger partial charge is 0.476 e. The van der Waals surface area contributed by atoms with Gasteiger partial charge in [0.25, 0.3) is 0 Å². The fourth-order valence-corrected chi connectivity index (χ4v) is 2.22. The van der Waals surface area contributed by atoms with Crippen LogP contribution in [0.3, 0.4) is 0 Å². The number of carbonyl (C=O) groups excluding carboxylic acids is 2. The first-order valence-electron chi connectivity index (χ1n) is 10.9. The van der Waals surface area contributed by atoms with Crippen LogP contribution < -0.4 is 0 Å². The lowest BCUT2D eigenvalue weighted by Gasteiger charge is -2.08. The molecule has 182 valence electrons. The number of ether oxygens (including phenoxy) is 6. The van der Waals surface area contributed by atoms with E-state index >= 15 is 0 Å². The van der Waals surface area contributed by atoms with Gasteiger partial charge in [-0.3, -0.25) is 9.59 Å². The average Bonchev–Trinajstić information content (AvgIpc) is 2.76. The van der Waals surface area contributed by atoms with Crippen molar-refractivity contribution in [1.29, 1.82) is 0 Å². The lowest BCUT2D eigenvalue weighted by atomic mass is 10.2. The summed E-state index contributed by atoms with van der Waals surface area (Å²) in [5.74, 6) is -3.20. The molecule has 0 saturated carbocycles. The van der Waals surface area contributed by atoms with E-state index in [1.54, 1.807) is 0 Å². The van der Waals surface area contributed by atoms with Gasteiger partial charge in [0.2, 0.25) is 5.78 Å². The lowest BCUT2D eigenvalue weighted by Crippen LogP contribution is -2.17. The van der Waals surface area contributed by atoms with Crippen LogP contribution in [0, 0.1) is 0 Å². The zero-order valence-corrected chi connectivity index (χ0v) is 18.6. The van der Waals surface area contributed by atoms with Crippen LogP contribution in [0.1, 0.15) is 45.4 Å². The standard InChI is InChI=1S/C21H38O10/c1-2-3-4-5-8-26-9-10-27-11-12-28-13-14-29-15-16-30-17-18-31-20(23)7-6-19(22)21(24)25/h2-18H2,1H3,(H,24,25). The Balaban J connectivity index is 3.16. The van der Waals surface area contributed by atoms with Crippen molar-refractivity contribution in [3.63, 3.8) is 0 Å². The van der Waals surface area contributed by atoms with Crippen LogP contribution >= 0.6 is 0 Å². The molecule has 0 bridgehead atoms. The van der Waals surface area contributed by atoms with Gasteiger partial charge in [-0.1, -0.05) is 26.2 Å². The van der Waals surface area contributed by atoms with Crippen molar-refractivity contribution < 1.29 is 47.9 Å². The summed E-state index contributed by atoms with van der Waals surface area (Å²) >= 11 is 0. The topological polar surface area (TPSA) is 127 Å². The van der Waals surface area contributed by atoms with Gasteiger partial charge in [0.05, 0.1) is 65.9 Å². The molecular weight excluding hydrogens is 412 g/mol. The molecule has 0 amide bonds. The van der Waals surface area contributed by atoms with Crippen molar-refractivity contribution in [2.24, 2.45) is 0 Å². The number of hydrogen-bond donors (Lipinski definition) is 1. The minimum absolute atomic E-state index is 0.0348. The molecule has 0 spiro atoms. The maximum absolute atomic E-state index is 11.3. The van der Waals surface area contributed by atoms with Gasteiger partial charge < -0.3 is 33.5 Å². The number of rotatable bonds is 24. The van der Waals surface area contributed by atoms with Gasteiger partial charge in [-0.2, -0.15) is 0 Å². The quantitative estimate of drug-likeness (QED) is 0.132. The third kappa shape index (κ3) is 22.9. The van der Waals surface area contributed by atoms with E-state index in [9.17, 15) is 14.4 Å². The van der Waals surface area contributed by atoms with Crippen LogP contribution in [0.2, 0.25) is 0 Å². The van der Waals surface area contributed by atoms with Crippen molar-refractivity contribution in [3.05, 3.63) is 0 Å². The van der Waals surface area contributed by atoms with Gasteiger partial charge in [-0.05, 0) is 6.42 Å². The molecule has 0 radical (unpaired) electrons. The third-order valence-electron chi connectivity index (χ3n) is 3.92. The molecule has 0 heterocycles. The van der Waals surface area contributed by atoms with Crippen LogP contribution in [-0.2, 0) is 42.8 Å². The number of unbranched alkanes of at least 4 members (excludes halogenated alkanes) is 3. The molecule has 10 heteroatoms. The van der Waals surface area contributed by atoms with Gasteiger partial charge in [0, 0.05) is 13.0 Å².